The van der Waals surface area contributed by atoms with E-state index in [2.05, 4.69) is 20.9 Å². The Hall–Kier alpha value is -2.63. The van der Waals surface area contributed by atoms with Gasteiger partial charge in [0.05, 0.1) is 6.20 Å². The molecule has 0 saturated carbocycles. The highest BCUT2D eigenvalue weighted by Crippen LogP contribution is 2.00. The highest BCUT2D eigenvalue weighted by molar-refractivity contribution is 5.94. The number of nitrogens with zero attached hydrogens (tertiary/aromatic N) is 1. The van der Waals surface area contributed by atoms with Crippen LogP contribution in [0.2, 0.25) is 0 Å². The van der Waals surface area contributed by atoms with Crippen LogP contribution >= 0.6 is 0 Å². The summed E-state index contributed by atoms with van der Waals surface area (Å²) in [7, 11) is 1.86. The zero-order valence-electron chi connectivity index (χ0n) is 13.3. The summed E-state index contributed by atoms with van der Waals surface area (Å²) in [5, 5.41) is 8.11. The lowest BCUT2D eigenvalue weighted by Gasteiger charge is -2.10. The number of hydrogen-bond acceptors (Lipinski definition) is 5. The Balaban J connectivity index is 2.49. The Morgan fingerprint density at radius 3 is 2.78 bits per heavy atom. The van der Waals surface area contributed by atoms with Crippen LogP contribution in [-0.4, -0.2) is 37.6 Å². The van der Waals surface area contributed by atoms with E-state index in [4.69, 9.17) is 4.74 Å². The monoisotopic (exact) mass is 318 g/mol. The number of amides is 1. The van der Waals surface area contributed by atoms with Crippen LogP contribution in [0.15, 0.2) is 41.5 Å². The molecule has 0 heterocycles. The number of ether oxygens (including phenoxy) is 1. The summed E-state index contributed by atoms with van der Waals surface area (Å²) in [6, 6.07) is 9.62. The van der Waals surface area contributed by atoms with E-state index >= 15 is 0 Å². The summed E-state index contributed by atoms with van der Waals surface area (Å²) in [6.07, 6.45) is 1.16. The van der Waals surface area contributed by atoms with E-state index in [0.717, 1.165) is 18.2 Å². The normalized spacial score (nSPS) is 12.0. The molecule has 1 unspecified atom stereocenters. The summed E-state index contributed by atoms with van der Waals surface area (Å²) in [4.78, 5) is 26.2. The van der Waals surface area contributed by atoms with Crippen LogP contribution in [0.1, 0.15) is 18.9 Å². The third-order valence-corrected chi connectivity index (χ3v) is 3.03. The van der Waals surface area contributed by atoms with Crippen molar-refractivity contribution >= 4 is 18.0 Å². The number of benzene rings is 1. The van der Waals surface area contributed by atoms with E-state index in [1.165, 1.54) is 0 Å². The van der Waals surface area contributed by atoms with Gasteiger partial charge < -0.3 is 15.4 Å². The smallest absolute Gasteiger partial charge is 0.414 e. The molecule has 1 rings (SSSR count). The van der Waals surface area contributed by atoms with Crippen molar-refractivity contribution in [3.63, 3.8) is 0 Å². The molecule has 1 atom stereocenters. The molecule has 0 aliphatic carbocycles. The van der Waals surface area contributed by atoms with Crippen LogP contribution in [0, 0.1) is 0 Å². The summed E-state index contributed by atoms with van der Waals surface area (Å²) >= 11 is 0. The second-order valence-corrected chi connectivity index (χ2v) is 4.80. The minimum absolute atomic E-state index is 0.148. The van der Waals surface area contributed by atoms with Gasteiger partial charge >= 0.3 is 6.09 Å². The first-order valence-electron chi connectivity index (χ1n) is 7.31. The van der Waals surface area contributed by atoms with Crippen LogP contribution < -0.4 is 16.0 Å². The Morgan fingerprint density at radius 2 is 2.13 bits per heavy atom. The maximum absolute atomic E-state index is 11.8. The van der Waals surface area contributed by atoms with Gasteiger partial charge in [0.1, 0.15) is 12.5 Å². The molecule has 23 heavy (non-hydrogen) atoms. The fraction of sp³-hybridized carbons (Fsp3) is 0.375. The van der Waals surface area contributed by atoms with Gasteiger partial charge in [0, 0.05) is 12.6 Å². The fourth-order valence-corrected chi connectivity index (χ4v) is 1.59. The third kappa shape index (κ3) is 8.40. The largest absolute Gasteiger partial charge is 0.444 e. The highest BCUT2D eigenvalue weighted by Gasteiger charge is 2.07. The molecule has 124 valence electrons. The number of hydrogen-bond donors (Lipinski definition) is 3. The van der Waals surface area contributed by atoms with E-state index in [1.54, 1.807) is 5.94 Å². The molecule has 0 saturated heterocycles. The van der Waals surface area contributed by atoms with Crippen LogP contribution in [-0.2, 0) is 16.1 Å². The maximum atomic E-state index is 11.8. The van der Waals surface area contributed by atoms with Gasteiger partial charge in [0.25, 0.3) is 0 Å². The quantitative estimate of drug-likeness (QED) is 0.399. The van der Waals surface area contributed by atoms with Crippen LogP contribution in [0.3, 0.4) is 0 Å². The van der Waals surface area contributed by atoms with E-state index in [1.807, 2.05) is 44.3 Å². The summed E-state index contributed by atoms with van der Waals surface area (Å²) in [5.41, 5.74) is 0.879. The van der Waals surface area contributed by atoms with Crippen LogP contribution in [0.4, 0.5) is 4.79 Å². The first-order chi connectivity index (χ1) is 11.2. The molecule has 0 bridgehead atoms. The molecule has 0 aliphatic heterocycles. The summed E-state index contributed by atoms with van der Waals surface area (Å²) in [5.74, 6) is 1.72. The standard InChI is InChI=1S/C16H22N4O3/c1-13(17-2)8-9-18-15(19-10-11-21)20-16(22)23-12-14-6-4-3-5-7-14/h3-7,10,13,17H,8-9,12H2,1-2H3,(H2,18,19,20,22). The van der Waals surface area contributed by atoms with Crippen molar-refractivity contribution < 1.29 is 14.3 Å². The number of alkyl carbamates (subject to hydrolysis) is 1. The molecule has 3 N–H and O–H groups in total. The molecule has 7 nitrogen and oxygen atoms in total. The molecule has 1 aromatic rings. The molecule has 0 fully saturated rings. The van der Waals surface area contributed by atoms with Crippen molar-refractivity contribution in [1.29, 1.82) is 0 Å². The van der Waals surface area contributed by atoms with E-state index in [0.29, 0.717) is 12.6 Å². The molecule has 0 aliphatic rings. The lowest BCUT2D eigenvalue weighted by molar-refractivity contribution is 0.145. The number of guanidine groups is 1. The van der Waals surface area contributed by atoms with Gasteiger partial charge in [-0.1, -0.05) is 30.3 Å². The average molecular weight is 318 g/mol. The summed E-state index contributed by atoms with van der Waals surface area (Å²) in [6.45, 7) is 2.66. The number of carbonyl (C=O) groups excluding carboxylic acids is 2. The average Bonchev–Trinajstić information content (AvgIpc) is 2.58. The van der Waals surface area contributed by atoms with Crippen molar-refractivity contribution in [3.05, 3.63) is 42.1 Å². The van der Waals surface area contributed by atoms with E-state index in [9.17, 15) is 9.59 Å². The van der Waals surface area contributed by atoms with Gasteiger partial charge in [0.2, 0.25) is 5.96 Å². The zero-order valence-corrected chi connectivity index (χ0v) is 13.3. The first-order valence-corrected chi connectivity index (χ1v) is 7.31. The van der Waals surface area contributed by atoms with Crippen molar-refractivity contribution in [3.8, 4) is 0 Å². The first kappa shape index (κ1) is 18.4. The lowest BCUT2D eigenvalue weighted by Crippen LogP contribution is -2.39. The molecule has 0 spiro atoms. The predicted molar refractivity (Wildman–Crippen MR) is 88.6 cm³/mol. The highest BCUT2D eigenvalue weighted by atomic mass is 16.5. The van der Waals surface area contributed by atoms with Gasteiger partial charge in [-0.05, 0) is 26.0 Å². The minimum Gasteiger partial charge on any atom is -0.444 e. The van der Waals surface area contributed by atoms with E-state index in [-0.39, 0.29) is 12.6 Å². The lowest BCUT2D eigenvalue weighted by atomic mass is 10.2. The second-order valence-electron chi connectivity index (χ2n) is 4.80. The van der Waals surface area contributed by atoms with Gasteiger partial charge in [-0.25, -0.2) is 9.59 Å². The molecule has 1 aromatic carbocycles. The third-order valence-electron chi connectivity index (χ3n) is 3.03. The van der Waals surface area contributed by atoms with Gasteiger partial charge in [-0.2, -0.15) is 0 Å². The Labute approximate surface area is 135 Å². The zero-order chi connectivity index (χ0) is 16.9. The van der Waals surface area contributed by atoms with Crippen LogP contribution in [0.25, 0.3) is 0 Å². The minimum atomic E-state index is -0.652. The number of carbonyl (C=O) groups is 1. The predicted octanol–water partition coefficient (Wildman–Crippen LogP) is 1.20. The number of aliphatic imine (C=N–C) groups is 1. The Kier molecular flexibility index (Phi) is 8.81. The molecule has 0 aromatic heterocycles. The van der Waals surface area contributed by atoms with Gasteiger partial charge in [-0.15, -0.1) is 0 Å². The molecule has 1 amide bonds. The van der Waals surface area contributed by atoms with Crippen molar-refractivity contribution in [2.24, 2.45) is 4.99 Å². The van der Waals surface area contributed by atoms with Crippen LogP contribution in [0.5, 0.6) is 0 Å². The molecule has 0 radical (unpaired) electrons. The SMILES string of the molecule is CNC(C)CCN=C(NC=C=O)NC(=O)OCc1ccccc1. The Bertz CT molecular complexity index is 554. The van der Waals surface area contributed by atoms with E-state index < -0.39 is 6.09 Å². The topological polar surface area (TPSA) is 91.8 Å². The Morgan fingerprint density at radius 1 is 1.39 bits per heavy atom. The number of nitrogens with one attached hydrogen (secondary N) is 3. The molecule has 7 heteroatoms. The number of rotatable bonds is 7. The second kappa shape index (κ2) is 11.0. The molecular weight excluding hydrogens is 296 g/mol. The van der Waals surface area contributed by atoms with Crippen molar-refractivity contribution in [1.82, 2.24) is 16.0 Å². The van der Waals surface area contributed by atoms with Gasteiger partial charge in [0.15, 0.2) is 0 Å². The van der Waals surface area contributed by atoms with Crippen molar-refractivity contribution in [2.75, 3.05) is 13.6 Å². The van der Waals surface area contributed by atoms with Crippen molar-refractivity contribution in [2.45, 2.75) is 26.0 Å². The maximum Gasteiger partial charge on any atom is 0.414 e. The molecular formula is C16H22N4O3. The summed E-state index contributed by atoms with van der Waals surface area (Å²) < 4.78 is 5.09. The van der Waals surface area contributed by atoms with Gasteiger partial charge in [-0.3, -0.25) is 10.3 Å². The fourth-order valence-electron chi connectivity index (χ4n) is 1.59.